The molecule has 0 aromatic heterocycles. The predicted octanol–water partition coefficient (Wildman–Crippen LogP) is 2.02. The second kappa shape index (κ2) is 9.21. The highest BCUT2D eigenvalue weighted by Gasteiger charge is 2.31. The Morgan fingerprint density at radius 2 is 1.46 bits per heavy atom. The van der Waals surface area contributed by atoms with E-state index in [2.05, 4.69) is 17.4 Å². The maximum absolute atomic E-state index is 12.4. The van der Waals surface area contributed by atoms with Crippen molar-refractivity contribution < 1.29 is 4.79 Å². The lowest BCUT2D eigenvalue weighted by Crippen LogP contribution is -2.59. The molecule has 128 valence electrons. The first kappa shape index (κ1) is 18.2. The molecule has 0 bridgehead atoms. The summed E-state index contributed by atoms with van der Waals surface area (Å²) in [6, 6.07) is 20.3. The summed E-state index contributed by atoms with van der Waals surface area (Å²) in [7, 11) is 0. The van der Waals surface area contributed by atoms with Gasteiger partial charge in [0.25, 0.3) is 0 Å². The van der Waals surface area contributed by atoms with Gasteiger partial charge in [0.1, 0.15) is 5.54 Å². The molecule has 24 heavy (non-hydrogen) atoms. The van der Waals surface area contributed by atoms with Crippen molar-refractivity contribution in [1.82, 2.24) is 5.32 Å². The fourth-order valence-corrected chi connectivity index (χ4v) is 2.64. The Bertz CT molecular complexity index is 615. The summed E-state index contributed by atoms with van der Waals surface area (Å²) in [5, 5.41) is 2.94. The maximum atomic E-state index is 12.4. The van der Waals surface area contributed by atoms with Crippen molar-refractivity contribution in [3.8, 4) is 0 Å². The Morgan fingerprint density at radius 3 is 2.00 bits per heavy atom. The van der Waals surface area contributed by atoms with Gasteiger partial charge in [-0.2, -0.15) is 0 Å². The summed E-state index contributed by atoms with van der Waals surface area (Å²) in [5.74, 6) is -0.158. The summed E-state index contributed by atoms with van der Waals surface area (Å²) >= 11 is 0. The molecule has 1 atom stereocenters. The van der Waals surface area contributed by atoms with Crippen LogP contribution in [0.25, 0.3) is 0 Å². The van der Waals surface area contributed by atoms with Gasteiger partial charge >= 0.3 is 0 Å². The van der Waals surface area contributed by atoms with E-state index in [1.54, 1.807) is 0 Å². The third kappa shape index (κ3) is 5.48. The molecular formula is C20H27N3O. The summed E-state index contributed by atoms with van der Waals surface area (Å²) < 4.78 is 0. The predicted molar refractivity (Wildman–Crippen MR) is 98.5 cm³/mol. The minimum atomic E-state index is -1.01. The fraction of sp³-hybridized carbons (Fsp3) is 0.350. The van der Waals surface area contributed by atoms with Gasteiger partial charge < -0.3 is 16.8 Å². The van der Waals surface area contributed by atoms with Gasteiger partial charge in [0.05, 0.1) is 0 Å². The molecule has 1 unspecified atom stereocenters. The number of carbonyl (C=O) groups is 1. The first-order chi connectivity index (χ1) is 11.6. The van der Waals surface area contributed by atoms with Crippen LogP contribution in [-0.4, -0.2) is 24.5 Å². The molecule has 2 aromatic rings. The average Bonchev–Trinajstić information content (AvgIpc) is 2.64. The lowest BCUT2D eigenvalue weighted by Gasteiger charge is -2.26. The highest BCUT2D eigenvalue weighted by molar-refractivity contribution is 5.86. The minimum absolute atomic E-state index is 0.143. The van der Waals surface area contributed by atoms with Crippen molar-refractivity contribution in [2.24, 2.45) is 11.5 Å². The van der Waals surface area contributed by atoms with Gasteiger partial charge in [0, 0.05) is 13.1 Å². The Hall–Kier alpha value is -2.17. The van der Waals surface area contributed by atoms with Gasteiger partial charge in [-0.15, -0.1) is 0 Å². The van der Waals surface area contributed by atoms with E-state index >= 15 is 0 Å². The van der Waals surface area contributed by atoms with Gasteiger partial charge in [0.2, 0.25) is 5.91 Å². The van der Waals surface area contributed by atoms with Gasteiger partial charge in [0.15, 0.2) is 0 Å². The lowest BCUT2D eigenvalue weighted by atomic mass is 9.91. The van der Waals surface area contributed by atoms with Crippen molar-refractivity contribution >= 4 is 5.91 Å². The molecule has 0 radical (unpaired) electrons. The van der Waals surface area contributed by atoms with E-state index in [1.807, 2.05) is 48.5 Å². The molecule has 0 heterocycles. The Morgan fingerprint density at radius 1 is 0.917 bits per heavy atom. The summed E-state index contributed by atoms with van der Waals surface area (Å²) in [4.78, 5) is 12.4. The van der Waals surface area contributed by atoms with Gasteiger partial charge in [-0.25, -0.2) is 0 Å². The standard InChI is InChI=1S/C20H27N3O/c21-16-20(22,14-13-18-10-5-2-6-11-18)19(24)23-15-7-12-17-8-3-1-4-9-17/h1-6,8-11H,7,12-16,21-22H2,(H,23,24). The number of carbonyl (C=O) groups excluding carboxylic acids is 1. The molecule has 0 saturated heterocycles. The van der Waals surface area contributed by atoms with Gasteiger partial charge in [-0.05, 0) is 36.8 Å². The van der Waals surface area contributed by atoms with Crippen molar-refractivity contribution in [2.45, 2.75) is 31.2 Å². The topological polar surface area (TPSA) is 81.1 Å². The van der Waals surface area contributed by atoms with Gasteiger partial charge in [-0.1, -0.05) is 60.7 Å². The van der Waals surface area contributed by atoms with Crippen LogP contribution in [0.3, 0.4) is 0 Å². The van der Waals surface area contributed by atoms with Gasteiger partial charge in [-0.3, -0.25) is 4.79 Å². The SMILES string of the molecule is NCC(N)(CCc1ccccc1)C(=O)NCCCc1ccccc1. The number of hydrogen-bond acceptors (Lipinski definition) is 3. The van der Waals surface area contributed by atoms with Crippen LogP contribution in [0.2, 0.25) is 0 Å². The third-order valence-electron chi connectivity index (χ3n) is 4.29. The van der Waals surface area contributed by atoms with E-state index in [-0.39, 0.29) is 12.5 Å². The van der Waals surface area contributed by atoms with E-state index in [0.29, 0.717) is 13.0 Å². The number of nitrogens with two attached hydrogens (primary N) is 2. The van der Waals surface area contributed by atoms with Crippen LogP contribution in [-0.2, 0) is 17.6 Å². The van der Waals surface area contributed by atoms with E-state index in [0.717, 1.165) is 24.8 Å². The second-order valence-electron chi connectivity index (χ2n) is 6.19. The average molecular weight is 325 g/mol. The lowest BCUT2D eigenvalue weighted by molar-refractivity contribution is -0.126. The molecule has 0 saturated carbocycles. The van der Waals surface area contributed by atoms with Crippen LogP contribution in [0, 0.1) is 0 Å². The summed E-state index contributed by atoms with van der Waals surface area (Å²) in [6.07, 6.45) is 3.10. The van der Waals surface area contributed by atoms with Crippen molar-refractivity contribution in [3.05, 3.63) is 71.8 Å². The number of benzene rings is 2. The smallest absolute Gasteiger partial charge is 0.241 e. The van der Waals surface area contributed by atoms with Crippen LogP contribution in [0.15, 0.2) is 60.7 Å². The second-order valence-corrected chi connectivity index (χ2v) is 6.19. The van der Waals surface area contributed by atoms with Crippen molar-refractivity contribution in [1.29, 1.82) is 0 Å². The summed E-state index contributed by atoms with van der Waals surface area (Å²) in [6.45, 7) is 0.752. The molecule has 0 aliphatic carbocycles. The first-order valence-corrected chi connectivity index (χ1v) is 8.49. The normalized spacial score (nSPS) is 13.2. The molecule has 1 amide bonds. The summed E-state index contributed by atoms with van der Waals surface area (Å²) in [5.41, 5.74) is 13.5. The van der Waals surface area contributed by atoms with E-state index in [9.17, 15) is 4.79 Å². The molecule has 0 aliphatic rings. The molecule has 5 N–H and O–H groups in total. The van der Waals surface area contributed by atoms with Crippen LogP contribution < -0.4 is 16.8 Å². The van der Waals surface area contributed by atoms with Crippen molar-refractivity contribution in [2.75, 3.05) is 13.1 Å². The monoisotopic (exact) mass is 325 g/mol. The Balaban J connectivity index is 1.77. The molecule has 4 nitrogen and oxygen atoms in total. The minimum Gasteiger partial charge on any atom is -0.354 e. The Labute approximate surface area is 144 Å². The molecule has 4 heteroatoms. The molecular weight excluding hydrogens is 298 g/mol. The fourth-order valence-electron chi connectivity index (χ4n) is 2.64. The number of rotatable bonds is 9. The Kier molecular flexibility index (Phi) is 6.97. The molecule has 0 fully saturated rings. The number of aryl methyl sites for hydroxylation is 2. The van der Waals surface area contributed by atoms with Crippen LogP contribution >= 0.6 is 0 Å². The van der Waals surface area contributed by atoms with E-state index in [1.165, 1.54) is 5.56 Å². The van der Waals surface area contributed by atoms with Crippen molar-refractivity contribution in [3.63, 3.8) is 0 Å². The highest BCUT2D eigenvalue weighted by Crippen LogP contribution is 2.12. The zero-order valence-corrected chi connectivity index (χ0v) is 14.1. The third-order valence-corrected chi connectivity index (χ3v) is 4.29. The number of amides is 1. The number of nitrogens with one attached hydrogen (secondary N) is 1. The molecule has 2 rings (SSSR count). The maximum Gasteiger partial charge on any atom is 0.241 e. The van der Waals surface area contributed by atoms with Crippen LogP contribution in [0.1, 0.15) is 24.0 Å². The van der Waals surface area contributed by atoms with Crippen LogP contribution in [0.5, 0.6) is 0 Å². The zero-order chi connectivity index (χ0) is 17.3. The molecule has 0 aliphatic heterocycles. The largest absolute Gasteiger partial charge is 0.354 e. The molecule has 0 spiro atoms. The first-order valence-electron chi connectivity index (χ1n) is 8.49. The highest BCUT2D eigenvalue weighted by atomic mass is 16.2. The molecule has 2 aromatic carbocycles. The quantitative estimate of drug-likeness (QED) is 0.617. The zero-order valence-electron chi connectivity index (χ0n) is 14.1. The number of hydrogen-bond donors (Lipinski definition) is 3. The van der Waals surface area contributed by atoms with Crippen LogP contribution in [0.4, 0.5) is 0 Å². The van der Waals surface area contributed by atoms with E-state index in [4.69, 9.17) is 11.5 Å². The van der Waals surface area contributed by atoms with E-state index < -0.39 is 5.54 Å².